The van der Waals surface area contributed by atoms with E-state index in [1.165, 1.54) is 0 Å². The van der Waals surface area contributed by atoms with Crippen LogP contribution in [0.25, 0.3) is 0 Å². The molecule has 1 heterocycles. The summed E-state index contributed by atoms with van der Waals surface area (Å²) in [5.41, 5.74) is 1.34. The van der Waals surface area contributed by atoms with E-state index in [9.17, 15) is 4.79 Å². The van der Waals surface area contributed by atoms with Gasteiger partial charge in [0, 0.05) is 13.1 Å². The minimum absolute atomic E-state index is 0.000512. The molecule has 1 fully saturated rings. The Labute approximate surface area is 212 Å². The van der Waals surface area contributed by atoms with Crippen molar-refractivity contribution in [3.05, 3.63) is 53.6 Å². The van der Waals surface area contributed by atoms with Crippen LogP contribution < -0.4 is 14.2 Å². The molecular formula is C28H41NO5Si. The Balaban J connectivity index is 1.97. The third-order valence-electron chi connectivity index (χ3n) is 6.87. The van der Waals surface area contributed by atoms with Crippen LogP contribution in [0.4, 0.5) is 0 Å². The van der Waals surface area contributed by atoms with E-state index in [1.54, 1.807) is 21.3 Å². The molecule has 1 amide bonds. The van der Waals surface area contributed by atoms with E-state index in [2.05, 4.69) is 46.0 Å². The van der Waals surface area contributed by atoms with Gasteiger partial charge in [0.15, 0.2) is 20.5 Å². The summed E-state index contributed by atoms with van der Waals surface area (Å²) in [6.07, 6.45) is 1.44. The van der Waals surface area contributed by atoms with E-state index in [1.807, 2.05) is 35.2 Å². The number of likely N-dealkylation sites (tertiary alicyclic amines) is 1. The molecule has 6 nitrogen and oxygen atoms in total. The molecule has 0 spiro atoms. The van der Waals surface area contributed by atoms with Crippen molar-refractivity contribution in [2.75, 3.05) is 27.9 Å². The van der Waals surface area contributed by atoms with Crippen molar-refractivity contribution in [1.29, 1.82) is 0 Å². The number of amides is 1. The van der Waals surface area contributed by atoms with Gasteiger partial charge in [-0.05, 0) is 54.6 Å². The van der Waals surface area contributed by atoms with Crippen molar-refractivity contribution >= 4 is 14.9 Å². The molecule has 0 radical (unpaired) electrons. The van der Waals surface area contributed by atoms with Gasteiger partial charge >= 0.3 is 0 Å². The maximum absolute atomic E-state index is 14.2. The van der Waals surface area contributed by atoms with Crippen LogP contribution in [0.3, 0.4) is 0 Å². The van der Waals surface area contributed by atoms with E-state index in [-0.39, 0.29) is 17.4 Å². The van der Waals surface area contributed by atoms with Crippen molar-refractivity contribution in [3.63, 3.8) is 0 Å². The van der Waals surface area contributed by atoms with Gasteiger partial charge in [0.05, 0.1) is 32.8 Å². The van der Waals surface area contributed by atoms with Crippen LogP contribution in [0.1, 0.15) is 44.7 Å². The van der Waals surface area contributed by atoms with Crippen LogP contribution in [0.2, 0.25) is 13.1 Å². The SMILES string of the molecule is COc1cc(CN2CCC(CC(O[SiH](C)C)C(C)(C)C)(c3ccccc3)C2=O)cc(OC)c1OC. The molecule has 0 bridgehead atoms. The first kappa shape index (κ1) is 27.1. The number of rotatable bonds is 10. The number of benzene rings is 2. The summed E-state index contributed by atoms with van der Waals surface area (Å²) in [6, 6.07) is 14.1. The lowest BCUT2D eigenvalue weighted by atomic mass is 9.70. The monoisotopic (exact) mass is 499 g/mol. The Morgan fingerprint density at radius 2 is 1.60 bits per heavy atom. The lowest BCUT2D eigenvalue weighted by molar-refractivity contribution is -0.134. The first-order valence-electron chi connectivity index (χ1n) is 12.3. The Bertz CT molecular complexity index is 979. The van der Waals surface area contributed by atoms with E-state index in [0.717, 1.165) is 17.5 Å². The third-order valence-corrected chi connectivity index (χ3v) is 7.74. The molecule has 2 unspecified atom stereocenters. The summed E-state index contributed by atoms with van der Waals surface area (Å²) < 4.78 is 23.0. The lowest BCUT2D eigenvalue weighted by Crippen LogP contribution is -2.45. The first-order valence-corrected chi connectivity index (χ1v) is 15.1. The van der Waals surface area contributed by atoms with Crippen LogP contribution in [0, 0.1) is 5.41 Å². The van der Waals surface area contributed by atoms with Crippen LogP contribution in [0.5, 0.6) is 17.2 Å². The number of methoxy groups -OCH3 is 3. The van der Waals surface area contributed by atoms with Gasteiger partial charge in [-0.15, -0.1) is 0 Å². The molecule has 1 aliphatic rings. The second-order valence-electron chi connectivity index (χ2n) is 10.7. The van der Waals surface area contributed by atoms with Crippen molar-refractivity contribution < 1.29 is 23.4 Å². The molecule has 3 rings (SSSR count). The Morgan fingerprint density at radius 3 is 2.09 bits per heavy atom. The molecule has 0 saturated carbocycles. The highest BCUT2D eigenvalue weighted by molar-refractivity contribution is 6.48. The Morgan fingerprint density at radius 1 is 1.00 bits per heavy atom. The summed E-state index contributed by atoms with van der Waals surface area (Å²) >= 11 is 0. The zero-order chi connectivity index (χ0) is 25.8. The molecule has 0 aliphatic carbocycles. The van der Waals surface area contributed by atoms with Gasteiger partial charge in [-0.3, -0.25) is 4.79 Å². The highest BCUT2D eigenvalue weighted by Crippen LogP contribution is 2.45. The molecule has 1 aliphatic heterocycles. The molecule has 2 atom stereocenters. The molecule has 192 valence electrons. The van der Waals surface area contributed by atoms with Gasteiger partial charge in [0.25, 0.3) is 0 Å². The quantitative estimate of drug-likeness (QED) is 0.421. The largest absolute Gasteiger partial charge is 0.493 e. The van der Waals surface area contributed by atoms with Crippen LogP contribution in [-0.2, 0) is 21.2 Å². The second-order valence-corrected chi connectivity index (χ2v) is 13.1. The third kappa shape index (κ3) is 5.84. The van der Waals surface area contributed by atoms with Crippen molar-refractivity contribution in [3.8, 4) is 17.2 Å². The van der Waals surface area contributed by atoms with E-state index in [4.69, 9.17) is 18.6 Å². The Kier molecular flexibility index (Phi) is 8.54. The molecule has 7 heteroatoms. The normalized spacial score (nSPS) is 19.2. The summed E-state index contributed by atoms with van der Waals surface area (Å²) in [6.45, 7) is 12.2. The Hall–Kier alpha value is -2.51. The average molecular weight is 500 g/mol. The molecule has 2 aromatic carbocycles. The van der Waals surface area contributed by atoms with Gasteiger partial charge in [-0.25, -0.2) is 0 Å². The number of hydrogen-bond donors (Lipinski definition) is 0. The summed E-state index contributed by atoms with van der Waals surface area (Å²) in [5.74, 6) is 1.88. The lowest BCUT2D eigenvalue weighted by Gasteiger charge is -2.39. The van der Waals surface area contributed by atoms with Crippen molar-refractivity contribution in [1.82, 2.24) is 4.90 Å². The topological polar surface area (TPSA) is 57.2 Å². The van der Waals surface area contributed by atoms with Gasteiger partial charge in [0.1, 0.15) is 0 Å². The number of carbonyl (C=O) groups is 1. The molecule has 35 heavy (non-hydrogen) atoms. The van der Waals surface area contributed by atoms with Gasteiger partial charge in [-0.2, -0.15) is 0 Å². The second kappa shape index (κ2) is 11.0. The highest BCUT2D eigenvalue weighted by Gasteiger charge is 2.50. The van der Waals surface area contributed by atoms with E-state index >= 15 is 0 Å². The first-order chi connectivity index (χ1) is 16.6. The maximum Gasteiger partial charge on any atom is 0.233 e. The number of hydrogen-bond acceptors (Lipinski definition) is 5. The standard InChI is InChI=1S/C28H41NO5Si/c1-27(2,3)24(34-35(7)8)18-28(21-12-10-9-11-13-21)14-15-29(26(28)30)19-20-16-22(31-4)25(33-6)23(17-20)32-5/h9-13,16-17,24,35H,14-15,18-19H2,1-8H3. The zero-order valence-electron chi connectivity index (χ0n) is 22.5. The molecular weight excluding hydrogens is 458 g/mol. The van der Waals surface area contributed by atoms with Crippen LogP contribution in [-0.4, -0.2) is 53.8 Å². The van der Waals surface area contributed by atoms with Gasteiger partial charge in [0.2, 0.25) is 11.7 Å². The fourth-order valence-corrected chi connectivity index (χ4v) is 6.13. The minimum Gasteiger partial charge on any atom is -0.493 e. The predicted octanol–water partition coefficient (Wildman–Crippen LogP) is 5.19. The number of ether oxygens (including phenoxy) is 3. The molecule has 0 N–H and O–H groups in total. The predicted molar refractivity (Wildman–Crippen MR) is 142 cm³/mol. The van der Waals surface area contributed by atoms with E-state index in [0.29, 0.717) is 36.8 Å². The van der Waals surface area contributed by atoms with Gasteiger partial charge < -0.3 is 23.5 Å². The van der Waals surface area contributed by atoms with Crippen molar-refractivity contribution in [2.24, 2.45) is 5.41 Å². The molecule has 0 aromatic heterocycles. The number of nitrogens with zero attached hydrogens (tertiary/aromatic N) is 1. The van der Waals surface area contributed by atoms with Gasteiger partial charge in [-0.1, -0.05) is 51.1 Å². The minimum atomic E-state index is -1.30. The number of carbonyl (C=O) groups excluding carboxylic acids is 1. The smallest absolute Gasteiger partial charge is 0.233 e. The highest BCUT2D eigenvalue weighted by atomic mass is 28.3. The molecule has 2 aromatic rings. The van der Waals surface area contributed by atoms with Crippen LogP contribution >= 0.6 is 0 Å². The summed E-state index contributed by atoms with van der Waals surface area (Å²) in [5, 5.41) is 0. The van der Waals surface area contributed by atoms with Crippen molar-refractivity contribution in [2.45, 2.75) is 64.8 Å². The summed E-state index contributed by atoms with van der Waals surface area (Å²) in [4.78, 5) is 16.2. The fourth-order valence-electron chi connectivity index (χ4n) is 4.97. The zero-order valence-corrected chi connectivity index (χ0v) is 23.7. The summed E-state index contributed by atoms with van der Waals surface area (Å²) in [7, 11) is 3.50. The van der Waals surface area contributed by atoms with E-state index < -0.39 is 14.5 Å². The van der Waals surface area contributed by atoms with Crippen LogP contribution in [0.15, 0.2) is 42.5 Å². The fraction of sp³-hybridized carbons (Fsp3) is 0.536. The average Bonchev–Trinajstić information content (AvgIpc) is 3.13. The maximum atomic E-state index is 14.2. The molecule has 1 saturated heterocycles.